The predicted octanol–water partition coefficient (Wildman–Crippen LogP) is 2.35. The molecule has 114 valence electrons. The maximum Gasteiger partial charge on any atom is 0.332 e. The number of halogens is 1. The van der Waals surface area contributed by atoms with Gasteiger partial charge in [0, 0.05) is 13.7 Å². The standard InChI is InChI=1S/C15H18ClNO4/c1-10-4-5-11(12(16)8-10)13(18)17-7-3-6-15(17,9-21-2)14(19)20/h4-5,8H,3,6-7,9H2,1-2H3,(H,19,20). The van der Waals surface area contributed by atoms with Crippen LogP contribution in [0.4, 0.5) is 0 Å². The zero-order valence-corrected chi connectivity index (χ0v) is 12.8. The monoisotopic (exact) mass is 311 g/mol. The van der Waals surface area contributed by atoms with Gasteiger partial charge in [-0.1, -0.05) is 17.7 Å². The first-order valence-electron chi connectivity index (χ1n) is 6.73. The van der Waals surface area contributed by atoms with Crippen molar-refractivity contribution in [3.05, 3.63) is 34.3 Å². The second-order valence-corrected chi connectivity index (χ2v) is 5.72. The fourth-order valence-electron chi connectivity index (χ4n) is 2.79. The lowest BCUT2D eigenvalue weighted by Gasteiger charge is -2.34. The number of rotatable bonds is 4. The minimum atomic E-state index is -1.31. The molecule has 6 heteroatoms. The van der Waals surface area contributed by atoms with E-state index in [0.29, 0.717) is 30.0 Å². The average Bonchev–Trinajstić information content (AvgIpc) is 2.83. The van der Waals surface area contributed by atoms with Crippen LogP contribution in [0, 0.1) is 6.92 Å². The summed E-state index contributed by atoms with van der Waals surface area (Å²) in [5, 5.41) is 9.90. The summed E-state index contributed by atoms with van der Waals surface area (Å²) < 4.78 is 5.05. The lowest BCUT2D eigenvalue weighted by Crippen LogP contribution is -2.56. The van der Waals surface area contributed by atoms with Crippen molar-refractivity contribution in [3.8, 4) is 0 Å². The largest absolute Gasteiger partial charge is 0.479 e. The molecule has 1 fully saturated rings. The lowest BCUT2D eigenvalue weighted by molar-refractivity contribution is -0.151. The van der Waals surface area contributed by atoms with Crippen LogP contribution in [0.3, 0.4) is 0 Å². The smallest absolute Gasteiger partial charge is 0.332 e. The highest BCUT2D eigenvalue weighted by atomic mass is 35.5. The summed E-state index contributed by atoms with van der Waals surface area (Å²) >= 11 is 6.13. The zero-order chi connectivity index (χ0) is 15.6. The molecule has 1 N–H and O–H groups in total. The van der Waals surface area contributed by atoms with Gasteiger partial charge < -0.3 is 14.7 Å². The minimum Gasteiger partial charge on any atom is -0.479 e. The Bertz CT molecular complexity index is 575. The predicted molar refractivity (Wildman–Crippen MR) is 78.7 cm³/mol. The molecular formula is C15H18ClNO4. The highest BCUT2D eigenvalue weighted by Crippen LogP contribution is 2.33. The number of carbonyl (C=O) groups excluding carboxylic acids is 1. The molecule has 0 spiro atoms. The van der Waals surface area contributed by atoms with Crippen LogP contribution in [0.15, 0.2) is 18.2 Å². The van der Waals surface area contributed by atoms with E-state index in [1.165, 1.54) is 12.0 Å². The molecule has 2 rings (SSSR count). The molecular weight excluding hydrogens is 294 g/mol. The van der Waals surface area contributed by atoms with E-state index >= 15 is 0 Å². The third-order valence-corrected chi connectivity index (χ3v) is 4.18. The number of carboxylic acids is 1. The van der Waals surface area contributed by atoms with Crippen molar-refractivity contribution in [2.75, 3.05) is 20.3 Å². The molecule has 1 aliphatic heterocycles. The van der Waals surface area contributed by atoms with Gasteiger partial charge >= 0.3 is 5.97 Å². The summed E-state index contributed by atoms with van der Waals surface area (Å²) in [5.74, 6) is -1.41. The third kappa shape index (κ3) is 2.76. The summed E-state index contributed by atoms with van der Waals surface area (Å²) in [6, 6.07) is 5.12. The van der Waals surface area contributed by atoms with Gasteiger partial charge in [0.2, 0.25) is 0 Å². The quantitative estimate of drug-likeness (QED) is 0.927. The van der Waals surface area contributed by atoms with Crippen LogP contribution in [0.1, 0.15) is 28.8 Å². The first-order chi connectivity index (χ1) is 9.92. The Labute approximate surface area is 128 Å². The second-order valence-electron chi connectivity index (χ2n) is 5.31. The number of carbonyl (C=O) groups is 2. The van der Waals surface area contributed by atoms with Gasteiger partial charge in [0.15, 0.2) is 5.54 Å². The molecule has 0 radical (unpaired) electrons. The first kappa shape index (κ1) is 15.8. The van der Waals surface area contributed by atoms with Gasteiger partial charge in [0.1, 0.15) is 0 Å². The maximum atomic E-state index is 12.7. The van der Waals surface area contributed by atoms with Gasteiger partial charge in [-0.2, -0.15) is 0 Å². The fourth-order valence-corrected chi connectivity index (χ4v) is 3.10. The molecule has 1 aromatic carbocycles. The maximum absolute atomic E-state index is 12.7. The number of ether oxygens (including phenoxy) is 1. The van der Waals surface area contributed by atoms with Crippen LogP contribution >= 0.6 is 11.6 Å². The van der Waals surface area contributed by atoms with E-state index in [0.717, 1.165) is 5.56 Å². The van der Waals surface area contributed by atoms with E-state index in [4.69, 9.17) is 16.3 Å². The molecule has 1 heterocycles. The van der Waals surface area contributed by atoms with E-state index in [-0.39, 0.29) is 12.5 Å². The molecule has 0 aliphatic carbocycles. The molecule has 0 bridgehead atoms. The highest BCUT2D eigenvalue weighted by molar-refractivity contribution is 6.34. The molecule has 0 aromatic heterocycles. The highest BCUT2D eigenvalue weighted by Gasteiger charge is 2.50. The van der Waals surface area contributed by atoms with Crippen molar-refractivity contribution in [3.63, 3.8) is 0 Å². The normalized spacial score (nSPS) is 21.6. The molecule has 5 nitrogen and oxygen atoms in total. The van der Waals surface area contributed by atoms with Crippen molar-refractivity contribution in [2.24, 2.45) is 0 Å². The van der Waals surface area contributed by atoms with E-state index in [2.05, 4.69) is 0 Å². The lowest BCUT2D eigenvalue weighted by atomic mass is 9.96. The first-order valence-corrected chi connectivity index (χ1v) is 7.10. The van der Waals surface area contributed by atoms with Crippen molar-refractivity contribution in [1.29, 1.82) is 0 Å². The van der Waals surface area contributed by atoms with Gasteiger partial charge in [-0.15, -0.1) is 0 Å². The number of hydrogen-bond acceptors (Lipinski definition) is 3. The fraction of sp³-hybridized carbons (Fsp3) is 0.467. The summed E-state index contributed by atoms with van der Waals surface area (Å²) in [7, 11) is 1.44. The summed E-state index contributed by atoms with van der Waals surface area (Å²) in [6.07, 6.45) is 1.01. The Hall–Kier alpha value is -1.59. The van der Waals surface area contributed by atoms with Crippen LogP contribution in [-0.2, 0) is 9.53 Å². The molecule has 1 saturated heterocycles. The van der Waals surface area contributed by atoms with Crippen molar-refractivity contribution >= 4 is 23.5 Å². The number of aryl methyl sites for hydroxylation is 1. The number of hydrogen-bond donors (Lipinski definition) is 1. The molecule has 21 heavy (non-hydrogen) atoms. The summed E-state index contributed by atoms with van der Waals surface area (Å²) in [5.41, 5.74) is -0.0368. The molecule has 1 atom stereocenters. The second kappa shape index (κ2) is 6.03. The SMILES string of the molecule is COCC1(C(=O)O)CCCN1C(=O)c1ccc(C)cc1Cl. The Morgan fingerprint density at radius 1 is 1.48 bits per heavy atom. The summed E-state index contributed by atoms with van der Waals surface area (Å²) in [6.45, 7) is 2.23. The van der Waals surface area contributed by atoms with Crippen LogP contribution in [0.25, 0.3) is 0 Å². The number of likely N-dealkylation sites (tertiary alicyclic amines) is 1. The van der Waals surface area contributed by atoms with Gasteiger partial charge in [-0.25, -0.2) is 4.79 Å². The number of benzene rings is 1. The van der Waals surface area contributed by atoms with E-state index < -0.39 is 11.5 Å². The number of amides is 1. The van der Waals surface area contributed by atoms with Crippen LogP contribution < -0.4 is 0 Å². The molecule has 0 saturated carbocycles. The summed E-state index contributed by atoms with van der Waals surface area (Å²) in [4.78, 5) is 25.8. The average molecular weight is 312 g/mol. The molecule has 1 aliphatic rings. The van der Waals surface area contributed by atoms with Gasteiger partial charge in [-0.05, 0) is 37.5 Å². The topological polar surface area (TPSA) is 66.8 Å². The van der Waals surface area contributed by atoms with Crippen molar-refractivity contribution in [1.82, 2.24) is 4.90 Å². The number of aliphatic carboxylic acids is 1. The number of carboxylic acid groups (broad SMARTS) is 1. The van der Waals surface area contributed by atoms with Gasteiger partial charge in [-0.3, -0.25) is 4.79 Å². The Morgan fingerprint density at radius 3 is 2.76 bits per heavy atom. The zero-order valence-electron chi connectivity index (χ0n) is 12.1. The van der Waals surface area contributed by atoms with E-state index in [9.17, 15) is 14.7 Å². The molecule has 1 unspecified atom stereocenters. The molecule has 1 amide bonds. The van der Waals surface area contributed by atoms with Crippen molar-refractivity contribution < 1.29 is 19.4 Å². The van der Waals surface area contributed by atoms with Crippen LogP contribution in [0.2, 0.25) is 5.02 Å². The van der Waals surface area contributed by atoms with Gasteiger partial charge in [0.05, 0.1) is 17.2 Å². The minimum absolute atomic E-state index is 0.0302. The van der Waals surface area contributed by atoms with E-state index in [1.807, 2.05) is 6.92 Å². The molecule has 1 aromatic rings. The van der Waals surface area contributed by atoms with Crippen LogP contribution in [-0.4, -0.2) is 47.7 Å². The third-order valence-electron chi connectivity index (χ3n) is 3.87. The van der Waals surface area contributed by atoms with Crippen LogP contribution in [0.5, 0.6) is 0 Å². The Balaban J connectivity index is 2.39. The number of methoxy groups -OCH3 is 1. The Kier molecular flexibility index (Phi) is 4.54. The van der Waals surface area contributed by atoms with Crippen molar-refractivity contribution in [2.45, 2.75) is 25.3 Å². The number of nitrogens with zero attached hydrogens (tertiary/aromatic N) is 1. The Morgan fingerprint density at radius 2 is 2.19 bits per heavy atom. The van der Waals surface area contributed by atoms with Gasteiger partial charge in [0.25, 0.3) is 5.91 Å². The van der Waals surface area contributed by atoms with E-state index in [1.54, 1.807) is 18.2 Å².